The Morgan fingerprint density at radius 1 is 0.923 bits per heavy atom. The number of amides is 4. The third-order valence-electron chi connectivity index (χ3n) is 7.58. The third kappa shape index (κ3) is 2.43. The lowest BCUT2D eigenvalue weighted by Crippen LogP contribution is -3.14. The first-order valence-corrected chi connectivity index (χ1v) is 10.2. The van der Waals surface area contributed by atoms with Crippen molar-refractivity contribution in [3.8, 4) is 0 Å². The van der Waals surface area contributed by atoms with Crippen molar-refractivity contribution >= 4 is 17.8 Å². The average molecular weight is 362 g/mol. The molecule has 6 rings (SSSR count). The number of quaternary nitrogens is 1. The van der Waals surface area contributed by atoms with Gasteiger partial charge < -0.3 is 10.0 Å². The fourth-order valence-corrected chi connectivity index (χ4v) is 6.79. The van der Waals surface area contributed by atoms with E-state index in [0.29, 0.717) is 30.6 Å². The molecule has 2 N–H and O–H groups in total. The van der Waals surface area contributed by atoms with Crippen LogP contribution in [0.1, 0.15) is 51.4 Å². The summed E-state index contributed by atoms with van der Waals surface area (Å²) in [4.78, 5) is 42.2. The minimum absolute atomic E-state index is 0.249. The lowest BCUT2D eigenvalue weighted by Gasteiger charge is -2.58. The zero-order valence-corrected chi connectivity index (χ0v) is 15.2. The first-order valence-electron chi connectivity index (χ1n) is 10.2. The SMILES string of the molecule is O=C1C(=O)N(C23CC4CC(CC(C4)C2)C3)C(=O)N1C[NH+]1CCC(O)CC1. The number of likely N-dealkylation sites (tertiary alicyclic amines) is 1. The van der Waals surface area contributed by atoms with Crippen molar-refractivity contribution in [2.75, 3.05) is 19.8 Å². The molecule has 4 amide bonds. The van der Waals surface area contributed by atoms with E-state index in [0.717, 1.165) is 37.3 Å². The van der Waals surface area contributed by atoms with E-state index >= 15 is 0 Å². The number of aliphatic hydroxyl groups is 1. The molecule has 2 saturated heterocycles. The topological polar surface area (TPSA) is 82.4 Å². The molecule has 26 heavy (non-hydrogen) atoms. The second kappa shape index (κ2) is 5.76. The van der Waals surface area contributed by atoms with Crippen LogP contribution in [0.5, 0.6) is 0 Å². The largest absolute Gasteiger partial charge is 0.393 e. The highest BCUT2D eigenvalue weighted by atomic mass is 16.3. The number of hydrogen-bond donors (Lipinski definition) is 2. The summed E-state index contributed by atoms with van der Waals surface area (Å²) < 4.78 is 0. The van der Waals surface area contributed by atoms with Crippen LogP contribution in [0, 0.1) is 17.8 Å². The molecule has 6 aliphatic rings. The summed E-state index contributed by atoms with van der Waals surface area (Å²) >= 11 is 0. The van der Waals surface area contributed by atoms with E-state index in [1.807, 2.05) is 0 Å². The second-order valence-corrected chi connectivity index (χ2v) is 9.44. The molecule has 4 saturated carbocycles. The van der Waals surface area contributed by atoms with Gasteiger partial charge in [0.05, 0.1) is 24.7 Å². The minimum atomic E-state index is -0.649. The molecule has 0 aromatic carbocycles. The summed E-state index contributed by atoms with van der Waals surface area (Å²) in [6, 6.07) is -0.388. The van der Waals surface area contributed by atoms with Gasteiger partial charge in [-0.05, 0) is 56.3 Å². The van der Waals surface area contributed by atoms with E-state index in [-0.39, 0.29) is 18.8 Å². The van der Waals surface area contributed by atoms with Gasteiger partial charge in [0.2, 0.25) is 0 Å². The number of carbonyl (C=O) groups excluding carboxylic acids is 3. The Labute approximate surface area is 153 Å². The van der Waals surface area contributed by atoms with Crippen LogP contribution in [0.25, 0.3) is 0 Å². The molecule has 2 heterocycles. The first kappa shape index (κ1) is 16.7. The van der Waals surface area contributed by atoms with Crippen molar-refractivity contribution in [3.05, 3.63) is 0 Å². The average Bonchev–Trinajstić information content (AvgIpc) is 2.79. The molecule has 142 valence electrons. The van der Waals surface area contributed by atoms with Gasteiger partial charge in [0, 0.05) is 12.8 Å². The van der Waals surface area contributed by atoms with Crippen molar-refractivity contribution in [2.24, 2.45) is 17.8 Å². The summed E-state index contributed by atoms with van der Waals surface area (Å²) in [5.74, 6) is 0.582. The van der Waals surface area contributed by atoms with E-state index < -0.39 is 17.4 Å². The highest BCUT2D eigenvalue weighted by Gasteiger charge is 2.61. The molecule has 0 radical (unpaired) electrons. The van der Waals surface area contributed by atoms with E-state index in [9.17, 15) is 19.5 Å². The molecule has 7 heteroatoms. The molecular weight excluding hydrogens is 334 g/mol. The Hall–Kier alpha value is -1.47. The number of carbonyl (C=O) groups is 3. The summed E-state index contributed by atoms with van der Waals surface area (Å²) in [5, 5.41) is 9.65. The molecule has 0 aromatic heterocycles. The van der Waals surface area contributed by atoms with E-state index in [1.54, 1.807) is 0 Å². The standard InChI is InChI=1S/C19H27N3O4/c23-15-1-3-20(4-2-15)11-21-16(24)17(25)22(18(21)26)19-8-12-5-13(9-19)7-14(6-12)10-19/h12-15,23H,1-11H2/p+1. The number of nitrogens with zero attached hydrogens (tertiary/aromatic N) is 2. The second-order valence-electron chi connectivity index (χ2n) is 9.44. The van der Waals surface area contributed by atoms with Gasteiger partial charge in [-0.3, -0.25) is 9.59 Å². The van der Waals surface area contributed by atoms with Crippen LogP contribution in [-0.2, 0) is 9.59 Å². The summed E-state index contributed by atoms with van der Waals surface area (Å²) in [5.41, 5.74) is -0.402. The number of aliphatic hydroxyl groups excluding tert-OH is 1. The predicted molar refractivity (Wildman–Crippen MR) is 90.8 cm³/mol. The van der Waals surface area contributed by atoms with Crippen LogP contribution in [0.3, 0.4) is 0 Å². The van der Waals surface area contributed by atoms with E-state index in [2.05, 4.69) is 0 Å². The zero-order valence-electron chi connectivity index (χ0n) is 15.2. The molecule has 2 aliphatic heterocycles. The number of imide groups is 2. The van der Waals surface area contributed by atoms with Crippen LogP contribution >= 0.6 is 0 Å². The minimum Gasteiger partial charge on any atom is -0.393 e. The van der Waals surface area contributed by atoms with Gasteiger partial charge in [-0.2, -0.15) is 0 Å². The smallest absolute Gasteiger partial charge is 0.339 e. The van der Waals surface area contributed by atoms with Gasteiger partial charge in [0.25, 0.3) is 0 Å². The molecule has 0 atom stereocenters. The first-order chi connectivity index (χ1) is 12.4. The maximum Gasteiger partial charge on any atom is 0.339 e. The van der Waals surface area contributed by atoms with Gasteiger partial charge in [-0.25, -0.2) is 14.6 Å². The lowest BCUT2D eigenvalue weighted by atomic mass is 9.52. The zero-order chi connectivity index (χ0) is 18.1. The van der Waals surface area contributed by atoms with Crippen molar-refractivity contribution in [2.45, 2.75) is 63.0 Å². The Bertz CT molecular complexity index is 620. The van der Waals surface area contributed by atoms with Gasteiger partial charge in [-0.15, -0.1) is 0 Å². The summed E-state index contributed by atoms with van der Waals surface area (Å²) in [6.45, 7) is 1.70. The Kier molecular flexibility index (Phi) is 3.70. The predicted octanol–water partition coefficient (Wildman–Crippen LogP) is -0.257. The Balaban J connectivity index is 1.36. The lowest BCUT2D eigenvalue weighted by molar-refractivity contribution is -0.913. The van der Waals surface area contributed by atoms with Crippen LogP contribution in [0.2, 0.25) is 0 Å². The van der Waals surface area contributed by atoms with Crippen molar-refractivity contribution in [1.82, 2.24) is 9.80 Å². The maximum atomic E-state index is 13.1. The number of rotatable bonds is 3. The fraction of sp³-hybridized carbons (Fsp3) is 0.842. The molecule has 7 nitrogen and oxygen atoms in total. The van der Waals surface area contributed by atoms with Crippen LogP contribution in [-0.4, -0.2) is 64.2 Å². The monoisotopic (exact) mass is 362 g/mol. The van der Waals surface area contributed by atoms with Gasteiger partial charge in [0.1, 0.15) is 0 Å². The third-order valence-corrected chi connectivity index (χ3v) is 7.58. The molecule has 0 spiro atoms. The number of nitrogens with one attached hydrogen (secondary N) is 1. The maximum absolute atomic E-state index is 13.1. The Morgan fingerprint density at radius 3 is 2.00 bits per heavy atom. The highest BCUT2D eigenvalue weighted by Crippen LogP contribution is 2.58. The molecule has 4 aliphatic carbocycles. The van der Waals surface area contributed by atoms with Crippen LogP contribution in [0.4, 0.5) is 4.79 Å². The van der Waals surface area contributed by atoms with Gasteiger partial charge in [0.15, 0.2) is 6.67 Å². The molecule has 0 aromatic rings. The molecule has 4 bridgehead atoms. The van der Waals surface area contributed by atoms with Crippen molar-refractivity contribution in [3.63, 3.8) is 0 Å². The number of urea groups is 1. The molecular formula is C19H28N3O4+. The fourth-order valence-electron chi connectivity index (χ4n) is 6.79. The van der Waals surface area contributed by atoms with Crippen LogP contribution in [0.15, 0.2) is 0 Å². The van der Waals surface area contributed by atoms with Gasteiger partial charge in [-0.1, -0.05) is 0 Å². The van der Waals surface area contributed by atoms with Crippen LogP contribution < -0.4 is 4.90 Å². The summed E-state index contributed by atoms with van der Waals surface area (Å²) in [6.07, 6.45) is 7.43. The summed E-state index contributed by atoms with van der Waals surface area (Å²) in [7, 11) is 0. The quantitative estimate of drug-likeness (QED) is 0.536. The van der Waals surface area contributed by atoms with E-state index in [4.69, 9.17) is 0 Å². The molecule has 6 fully saturated rings. The normalized spacial score (nSPS) is 45.1. The number of hydrogen-bond acceptors (Lipinski definition) is 4. The van der Waals surface area contributed by atoms with Gasteiger partial charge >= 0.3 is 17.8 Å². The number of piperidine rings is 1. The molecule has 0 unspecified atom stereocenters. The Morgan fingerprint density at radius 2 is 1.46 bits per heavy atom. The van der Waals surface area contributed by atoms with E-state index in [1.165, 1.54) is 29.1 Å². The highest BCUT2D eigenvalue weighted by molar-refractivity contribution is 6.44. The van der Waals surface area contributed by atoms with Crippen molar-refractivity contribution < 1.29 is 24.4 Å². The van der Waals surface area contributed by atoms with Crippen molar-refractivity contribution in [1.29, 1.82) is 0 Å².